The molecular weight excluding hydrogens is 410 g/mol. The SMILES string of the molecule is CCCCc1cccc2c1CC[N+]1=C2c2ccccc2C(C=CCCCCC(C)(C)C)(CC)C1. The van der Waals surface area contributed by atoms with Crippen molar-refractivity contribution >= 4 is 5.71 Å². The van der Waals surface area contributed by atoms with Crippen LogP contribution in [-0.2, 0) is 18.3 Å². The Labute approximate surface area is 209 Å². The first kappa shape index (κ1) is 25.0. The molecule has 2 heterocycles. The Morgan fingerprint density at radius 1 is 0.941 bits per heavy atom. The van der Waals surface area contributed by atoms with E-state index in [2.05, 4.69) is 93.8 Å². The molecule has 182 valence electrons. The monoisotopic (exact) mass is 456 g/mol. The van der Waals surface area contributed by atoms with Crippen molar-refractivity contribution in [1.82, 2.24) is 0 Å². The summed E-state index contributed by atoms with van der Waals surface area (Å²) < 4.78 is 2.71. The molecular formula is C33H46N+. The first-order valence-corrected chi connectivity index (χ1v) is 13.9. The maximum atomic E-state index is 2.71. The molecule has 0 amide bonds. The number of hydrogen-bond acceptors (Lipinski definition) is 0. The van der Waals surface area contributed by atoms with Gasteiger partial charge in [-0.15, -0.1) is 0 Å². The van der Waals surface area contributed by atoms with Crippen LogP contribution in [0.25, 0.3) is 0 Å². The Morgan fingerprint density at radius 2 is 1.74 bits per heavy atom. The fraction of sp³-hybridized carbons (Fsp3) is 0.545. The van der Waals surface area contributed by atoms with Gasteiger partial charge in [0.2, 0.25) is 5.71 Å². The summed E-state index contributed by atoms with van der Waals surface area (Å²) in [5.41, 5.74) is 9.71. The molecule has 2 aliphatic heterocycles. The zero-order chi connectivity index (χ0) is 24.2. The highest BCUT2D eigenvalue weighted by Crippen LogP contribution is 2.39. The molecule has 0 aromatic heterocycles. The third kappa shape index (κ3) is 5.24. The smallest absolute Gasteiger partial charge is 0.215 e. The van der Waals surface area contributed by atoms with Gasteiger partial charge in [-0.3, -0.25) is 0 Å². The zero-order valence-corrected chi connectivity index (χ0v) is 22.4. The van der Waals surface area contributed by atoms with Gasteiger partial charge in [0.15, 0.2) is 6.54 Å². The van der Waals surface area contributed by atoms with Crippen molar-refractivity contribution in [3.63, 3.8) is 0 Å². The van der Waals surface area contributed by atoms with E-state index in [9.17, 15) is 0 Å². The fourth-order valence-corrected chi connectivity index (χ4v) is 6.09. The van der Waals surface area contributed by atoms with Gasteiger partial charge in [0.05, 0.1) is 16.5 Å². The van der Waals surface area contributed by atoms with E-state index in [-0.39, 0.29) is 5.41 Å². The summed E-state index contributed by atoms with van der Waals surface area (Å²) in [4.78, 5) is 0. The summed E-state index contributed by atoms with van der Waals surface area (Å²) in [5.74, 6) is 0. The Morgan fingerprint density at radius 3 is 2.50 bits per heavy atom. The summed E-state index contributed by atoms with van der Waals surface area (Å²) >= 11 is 0. The third-order valence-electron chi connectivity index (χ3n) is 8.08. The molecule has 0 saturated carbocycles. The highest BCUT2D eigenvalue weighted by atomic mass is 15.0. The van der Waals surface area contributed by atoms with Gasteiger partial charge in [-0.2, -0.15) is 0 Å². The number of allylic oxidation sites excluding steroid dienone is 1. The van der Waals surface area contributed by atoms with Crippen LogP contribution in [0.5, 0.6) is 0 Å². The summed E-state index contributed by atoms with van der Waals surface area (Å²) in [6.45, 7) is 14.0. The Balaban J connectivity index is 1.64. The topological polar surface area (TPSA) is 3.01 Å². The lowest BCUT2D eigenvalue weighted by molar-refractivity contribution is -0.537. The fourth-order valence-electron chi connectivity index (χ4n) is 6.09. The molecule has 0 radical (unpaired) electrons. The Hall–Kier alpha value is -2.15. The van der Waals surface area contributed by atoms with Crippen LogP contribution >= 0.6 is 0 Å². The second-order valence-electron chi connectivity index (χ2n) is 11.8. The first-order chi connectivity index (χ1) is 16.4. The third-order valence-corrected chi connectivity index (χ3v) is 8.08. The number of benzene rings is 2. The number of rotatable bonds is 9. The van der Waals surface area contributed by atoms with Crippen LogP contribution in [0.3, 0.4) is 0 Å². The van der Waals surface area contributed by atoms with E-state index in [1.54, 1.807) is 11.1 Å². The molecule has 1 atom stereocenters. The van der Waals surface area contributed by atoms with E-state index < -0.39 is 0 Å². The summed E-state index contributed by atoms with van der Waals surface area (Å²) in [5, 5.41) is 0. The molecule has 1 unspecified atom stereocenters. The summed E-state index contributed by atoms with van der Waals surface area (Å²) in [6.07, 6.45) is 16.3. The number of aryl methyl sites for hydroxylation is 1. The van der Waals surface area contributed by atoms with E-state index in [4.69, 9.17) is 0 Å². The van der Waals surface area contributed by atoms with Crippen molar-refractivity contribution in [3.05, 3.63) is 82.4 Å². The molecule has 2 aliphatic rings. The summed E-state index contributed by atoms with van der Waals surface area (Å²) in [6, 6.07) is 16.3. The molecule has 1 heteroatoms. The van der Waals surface area contributed by atoms with E-state index in [1.807, 2.05) is 0 Å². The predicted molar refractivity (Wildman–Crippen MR) is 147 cm³/mol. The van der Waals surface area contributed by atoms with Crippen LogP contribution in [0.2, 0.25) is 0 Å². The summed E-state index contributed by atoms with van der Waals surface area (Å²) in [7, 11) is 0. The average Bonchev–Trinajstić information content (AvgIpc) is 2.83. The van der Waals surface area contributed by atoms with Crippen molar-refractivity contribution in [2.75, 3.05) is 13.1 Å². The van der Waals surface area contributed by atoms with Crippen molar-refractivity contribution in [2.45, 2.75) is 97.8 Å². The second-order valence-corrected chi connectivity index (χ2v) is 11.8. The van der Waals surface area contributed by atoms with Gasteiger partial charge in [0, 0.05) is 6.42 Å². The van der Waals surface area contributed by atoms with Gasteiger partial charge in [0.25, 0.3) is 0 Å². The predicted octanol–water partition coefficient (Wildman–Crippen LogP) is 8.26. The molecule has 0 aliphatic carbocycles. The minimum Gasteiger partial charge on any atom is -0.227 e. The average molecular weight is 457 g/mol. The van der Waals surface area contributed by atoms with Gasteiger partial charge in [-0.05, 0) is 72.8 Å². The van der Waals surface area contributed by atoms with Gasteiger partial charge in [0.1, 0.15) is 6.54 Å². The molecule has 1 nitrogen and oxygen atoms in total. The first-order valence-electron chi connectivity index (χ1n) is 13.9. The molecule has 0 spiro atoms. The molecule has 0 fully saturated rings. The normalized spacial score (nSPS) is 19.8. The lowest BCUT2D eigenvalue weighted by Crippen LogP contribution is -2.46. The van der Waals surface area contributed by atoms with Crippen molar-refractivity contribution in [3.8, 4) is 0 Å². The number of fused-ring (bicyclic) bond motifs is 4. The van der Waals surface area contributed by atoms with E-state index >= 15 is 0 Å². The molecule has 34 heavy (non-hydrogen) atoms. The van der Waals surface area contributed by atoms with Crippen LogP contribution in [0, 0.1) is 5.41 Å². The van der Waals surface area contributed by atoms with Crippen LogP contribution in [0.15, 0.2) is 54.6 Å². The number of hydrogen-bond donors (Lipinski definition) is 0. The largest absolute Gasteiger partial charge is 0.227 e. The highest BCUT2D eigenvalue weighted by molar-refractivity contribution is 6.12. The second kappa shape index (κ2) is 10.6. The minimum atomic E-state index is 0.113. The van der Waals surface area contributed by atoms with Gasteiger partial charge in [-0.1, -0.05) is 89.9 Å². The maximum Gasteiger partial charge on any atom is 0.215 e. The standard InChI is InChI=1S/C33H46N/c1-6-8-16-26-17-15-19-28-27(26)21-24-34-25-33(7-2,23-14-10-9-13-22-32(3,4)5)30-20-12-11-18-29(30)31(28)34/h11-12,14-15,17-20,23H,6-10,13,16,21-22,24-25H2,1-5H3/q+1. The van der Waals surface area contributed by atoms with Crippen molar-refractivity contribution in [1.29, 1.82) is 0 Å². The van der Waals surface area contributed by atoms with Gasteiger partial charge >= 0.3 is 0 Å². The van der Waals surface area contributed by atoms with E-state index in [0.29, 0.717) is 5.41 Å². The quantitative estimate of drug-likeness (QED) is 0.203. The molecule has 4 rings (SSSR count). The van der Waals surface area contributed by atoms with Crippen molar-refractivity contribution < 1.29 is 4.58 Å². The van der Waals surface area contributed by atoms with Gasteiger partial charge in [-0.25, -0.2) is 4.58 Å². The zero-order valence-electron chi connectivity index (χ0n) is 22.4. The van der Waals surface area contributed by atoms with Crippen LogP contribution in [-0.4, -0.2) is 23.4 Å². The lowest BCUT2D eigenvalue weighted by atomic mass is 9.70. The number of unbranched alkanes of at least 4 members (excludes halogenated alkanes) is 3. The molecule has 2 aromatic carbocycles. The van der Waals surface area contributed by atoms with Crippen LogP contribution in [0.1, 0.15) is 107 Å². The Kier molecular flexibility index (Phi) is 7.80. The number of nitrogens with zero attached hydrogens (tertiary/aromatic N) is 1. The maximum absolute atomic E-state index is 2.71. The molecule has 0 N–H and O–H groups in total. The van der Waals surface area contributed by atoms with Gasteiger partial charge < -0.3 is 0 Å². The van der Waals surface area contributed by atoms with Crippen LogP contribution < -0.4 is 0 Å². The molecule has 2 aromatic rings. The van der Waals surface area contributed by atoms with Crippen LogP contribution in [0.4, 0.5) is 0 Å². The van der Waals surface area contributed by atoms with E-state index in [0.717, 1.165) is 19.5 Å². The van der Waals surface area contributed by atoms with E-state index in [1.165, 1.54) is 73.8 Å². The lowest BCUT2D eigenvalue weighted by Gasteiger charge is -2.36. The highest BCUT2D eigenvalue weighted by Gasteiger charge is 2.44. The Bertz CT molecular complexity index is 1050. The molecule has 0 saturated heterocycles. The van der Waals surface area contributed by atoms with Crippen molar-refractivity contribution in [2.24, 2.45) is 5.41 Å². The molecule has 0 bridgehead atoms. The minimum absolute atomic E-state index is 0.113.